The third-order valence-electron chi connectivity index (χ3n) is 4.18. The first kappa shape index (κ1) is 17.7. The molecule has 0 aliphatic carbocycles. The Bertz CT molecular complexity index is 785. The van der Waals surface area contributed by atoms with Crippen molar-refractivity contribution in [1.29, 1.82) is 0 Å². The van der Waals surface area contributed by atoms with Gasteiger partial charge in [0, 0.05) is 57.5 Å². The molecule has 26 heavy (non-hydrogen) atoms. The van der Waals surface area contributed by atoms with Crippen molar-refractivity contribution in [3.63, 3.8) is 0 Å². The number of anilines is 4. The number of nitrogens with zero attached hydrogens (tertiary/aromatic N) is 4. The summed E-state index contributed by atoms with van der Waals surface area (Å²) in [6.45, 7) is 5.98. The molecule has 0 saturated carbocycles. The predicted molar refractivity (Wildman–Crippen MR) is 101 cm³/mol. The smallest absolute Gasteiger partial charge is 0.221 e. The van der Waals surface area contributed by atoms with E-state index in [4.69, 9.17) is 0 Å². The Morgan fingerprint density at radius 1 is 0.962 bits per heavy atom. The number of amides is 2. The van der Waals surface area contributed by atoms with Crippen LogP contribution in [0.5, 0.6) is 0 Å². The molecule has 1 aliphatic heterocycles. The largest absolute Gasteiger partial charge is 0.353 e. The Morgan fingerprint density at radius 3 is 2.23 bits per heavy atom. The van der Waals surface area contributed by atoms with Crippen molar-refractivity contribution >= 4 is 34.8 Å². The molecular formula is C18H22N6O2. The zero-order chi connectivity index (χ0) is 18.5. The van der Waals surface area contributed by atoms with Crippen LogP contribution in [0.15, 0.2) is 36.7 Å². The molecule has 1 aromatic heterocycles. The minimum atomic E-state index is -0.101. The number of aromatic nitrogens is 2. The lowest BCUT2D eigenvalue weighted by Crippen LogP contribution is -2.48. The van der Waals surface area contributed by atoms with Gasteiger partial charge in [-0.3, -0.25) is 9.59 Å². The fourth-order valence-corrected chi connectivity index (χ4v) is 2.83. The monoisotopic (exact) mass is 354 g/mol. The Morgan fingerprint density at radius 2 is 1.62 bits per heavy atom. The van der Waals surface area contributed by atoms with E-state index >= 15 is 0 Å². The van der Waals surface area contributed by atoms with Gasteiger partial charge in [0.25, 0.3) is 0 Å². The first-order chi connectivity index (χ1) is 12.5. The minimum Gasteiger partial charge on any atom is -0.353 e. The number of rotatable bonds is 4. The van der Waals surface area contributed by atoms with Crippen molar-refractivity contribution in [2.75, 3.05) is 41.7 Å². The van der Waals surface area contributed by atoms with Gasteiger partial charge in [-0.2, -0.15) is 0 Å². The van der Waals surface area contributed by atoms with E-state index in [1.165, 1.54) is 13.3 Å². The van der Waals surface area contributed by atoms with E-state index in [2.05, 4.69) is 25.5 Å². The number of nitrogens with one attached hydrogen (secondary N) is 2. The molecule has 2 amide bonds. The summed E-state index contributed by atoms with van der Waals surface area (Å²) < 4.78 is 0. The zero-order valence-corrected chi connectivity index (χ0v) is 14.9. The fraction of sp³-hybridized carbons (Fsp3) is 0.333. The van der Waals surface area contributed by atoms with E-state index in [0.29, 0.717) is 18.9 Å². The molecule has 8 heteroatoms. The lowest BCUT2D eigenvalue weighted by atomic mass is 10.2. The van der Waals surface area contributed by atoms with Crippen LogP contribution in [0, 0.1) is 0 Å². The van der Waals surface area contributed by atoms with Gasteiger partial charge >= 0.3 is 0 Å². The number of carbonyl (C=O) groups excluding carboxylic acids is 2. The molecular weight excluding hydrogens is 332 g/mol. The van der Waals surface area contributed by atoms with E-state index in [0.717, 1.165) is 30.3 Å². The molecule has 0 atom stereocenters. The fourth-order valence-electron chi connectivity index (χ4n) is 2.83. The summed E-state index contributed by atoms with van der Waals surface area (Å²) in [5.74, 6) is 1.53. The van der Waals surface area contributed by atoms with Crippen molar-refractivity contribution in [2.45, 2.75) is 13.8 Å². The van der Waals surface area contributed by atoms with Gasteiger partial charge in [0.1, 0.15) is 18.0 Å². The number of benzene rings is 1. The highest BCUT2D eigenvalue weighted by Crippen LogP contribution is 2.21. The van der Waals surface area contributed by atoms with Gasteiger partial charge in [0.2, 0.25) is 11.8 Å². The molecule has 3 rings (SSSR count). The first-order valence-corrected chi connectivity index (χ1v) is 8.48. The molecule has 1 aromatic carbocycles. The summed E-state index contributed by atoms with van der Waals surface area (Å²) >= 11 is 0. The molecule has 2 N–H and O–H groups in total. The molecule has 2 aromatic rings. The van der Waals surface area contributed by atoms with Crippen molar-refractivity contribution in [1.82, 2.24) is 14.9 Å². The van der Waals surface area contributed by atoms with Crippen molar-refractivity contribution in [3.05, 3.63) is 36.7 Å². The molecule has 0 unspecified atom stereocenters. The Balaban J connectivity index is 1.64. The molecule has 1 aliphatic rings. The molecule has 1 fully saturated rings. The summed E-state index contributed by atoms with van der Waals surface area (Å²) in [6.07, 6.45) is 1.53. The Labute approximate surface area is 152 Å². The van der Waals surface area contributed by atoms with E-state index in [1.807, 2.05) is 35.2 Å². The van der Waals surface area contributed by atoms with E-state index in [-0.39, 0.29) is 11.8 Å². The van der Waals surface area contributed by atoms with E-state index < -0.39 is 0 Å². The average molecular weight is 354 g/mol. The lowest BCUT2D eigenvalue weighted by Gasteiger charge is -2.34. The summed E-state index contributed by atoms with van der Waals surface area (Å²) in [4.78, 5) is 35.1. The quantitative estimate of drug-likeness (QED) is 0.871. The lowest BCUT2D eigenvalue weighted by molar-refractivity contribution is -0.129. The van der Waals surface area contributed by atoms with Gasteiger partial charge in [-0.25, -0.2) is 9.97 Å². The maximum Gasteiger partial charge on any atom is 0.221 e. The summed E-state index contributed by atoms with van der Waals surface area (Å²) in [7, 11) is 0. The van der Waals surface area contributed by atoms with Gasteiger partial charge in [0.15, 0.2) is 0 Å². The van der Waals surface area contributed by atoms with Crippen LogP contribution in [0.2, 0.25) is 0 Å². The van der Waals surface area contributed by atoms with Crippen LogP contribution in [0.3, 0.4) is 0 Å². The van der Waals surface area contributed by atoms with Crippen LogP contribution < -0.4 is 15.5 Å². The molecule has 8 nitrogen and oxygen atoms in total. The standard InChI is InChI=1S/C18H22N6O2/c1-13(25)21-15-3-5-16(6-4-15)22-17-11-18(20-12-19-17)24-9-7-23(8-10-24)14(2)26/h3-6,11-12H,7-10H2,1-2H3,(H,21,25)(H,19,20,22). The normalized spacial score (nSPS) is 14.1. The van der Waals surface area contributed by atoms with Crippen LogP contribution in [0.4, 0.5) is 23.0 Å². The zero-order valence-electron chi connectivity index (χ0n) is 14.9. The van der Waals surface area contributed by atoms with E-state index in [1.54, 1.807) is 6.92 Å². The van der Waals surface area contributed by atoms with Crippen molar-refractivity contribution in [2.24, 2.45) is 0 Å². The molecule has 0 radical (unpaired) electrons. The van der Waals surface area contributed by atoms with Crippen LogP contribution >= 0.6 is 0 Å². The molecule has 1 saturated heterocycles. The predicted octanol–water partition coefficient (Wildman–Crippen LogP) is 1.85. The first-order valence-electron chi connectivity index (χ1n) is 8.48. The molecule has 2 heterocycles. The summed E-state index contributed by atoms with van der Waals surface area (Å²) in [5.41, 5.74) is 1.61. The van der Waals surface area contributed by atoms with E-state index in [9.17, 15) is 9.59 Å². The maximum atomic E-state index is 11.4. The van der Waals surface area contributed by atoms with Crippen molar-refractivity contribution < 1.29 is 9.59 Å². The Kier molecular flexibility index (Phi) is 5.31. The highest BCUT2D eigenvalue weighted by Gasteiger charge is 2.19. The second-order valence-electron chi connectivity index (χ2n) is 6.14. The second kappa shape index (κ2) is 7.81. The molecule has 136 valence electrons. The summed E-state index contributed by atoms with van der Waals surface area (Å²) in [5, 5.41) is 5.97. The number of piperazine rings is 1. The average Bonchev–Trinajstić information content (AvgIpc) is 2.63. The van der Waals surface area contributed by atoms with Crippen LogP contribution in [0.1, 0.15) is 13.8 Å². The van der Waals surface area contributed by atoms with Crippen LogP contribution in [-0.4, -0.2) is 52.9 Å². The van der Waals surface area contributed by atoms with Crippen LogP contribution in [-0.2, 0) is 9.59 Å². The molecule has 0 bridgehead atoms. The van der Waals surface area contributed by atoms with Crippen LogP contribution in [0.25, 0.3) is 0 Å². The molecule has 0 spiro atoms. The Hall–Kier alpha value is -3.16. The second-order valence-corrected chi connectivity index (χ2v) is 6.14. The van der Waals surface area contributed by atoms with Gasteiger partial charge in [-0.15, -0.1) is 0 Å². The van der Waals surface area contributed by atoms with Crippen molar-refractivity contribution in [3.8, 4) is 0 Å². The number of hydrogen-bond acceptors (Lipinski definition) is 6. The highest BCUT2D eigenvalue weighted by molar-refractivity contribution is 5.88. The van der Waals surface area contributed by atoms with Gasteiger partial charge in [-0.05, 0) is 24.3 Å². The number of carbonyl (C=O) groups is 2. The van der Waals surface area contributed by atoms with Gasteiger partial charge < -0.3 is 20.4 Å². The third-order valence-corrected chi connectivity index (χ3v) is 4.18. The summed E-state index contributed by atoms with van der Waals surface area (Å²) in [6, 6.07) is 9.29. The van der Waals surface area contributed by atoms with Gasteiger partial charge in [-0.1, -0.05) is 0 Å². The minimum absolute atomic E-state index is 0.101. The van der Waals surface area contributed by atoms with Gasteiger partial charge in [0.05, 0.1) is 0 Å². The maximum absolute atomic E-state index is 11.4. The highest BCUT2D eigenvalue weighted by atomic mass is 16.2. The SMILES string of the molecule is CC(=O)Nc1ccc(Nc2cc(N3CCN(C(C)=O)CC3)ncn2)cc1. The third kappa shape index (κ3) is 4.47. The number of hydrogen-bond donors (Lipinski definition) is 2. The topological polar surface area (TPSA) is 90.5 Å².